The summed E-state index contributed by atoms with van der Waals surface area (Å²) in [5.74, 6) is 0. The van der Waals surface area contributed by atoms with E-state index in [2.05, 4.69) is 40.2 Å². The smallest absolute Gasteiger partial charge is 0.258 e. The van der Waals surface area contributed by atoms with Crippen LogP contribution in [0.1, 0.15) is 38.7 Å². The molecular weight excluding hydrogens is 322 g/mol. The Balaban J connectivity index is 2.04. The van der Waals surface area contributed by atoms with Gasteiger partial charge in [-0.3, -0.25) is 15.5 Å². The van der Waals surface area contributed by atoms with Gasteiger partial charge in [0.15, 0.2) is 0 Å². The molecule has 1 aliphatic heterocycles. The van der Waals surface area contributed by atoms with Crippen LogP contribution < -0.4 is 5.43 Å². The SMILES string of the molecule is CC1CCCC(C)N1NCc1cc(Br)cc([N+](=O)[O-])c1. The van der Waals surface area contributed by atoms with Crippen molar-refractivity contribution < 1.29 is 4.92 Å². The number of benzene rings is 1. The second-order valence-electron chi connectivity index (χ2n) is 5.45. The summed E-state index contributed by atoms with van der Waals surface area (Å²) < 4.78 is 0.739. The first-order valence-corrected chi connectivity index (χ1v) is 7.72. The zero-order valence-corrected chi connectivity index (χ0v) is 13.4. The highest BCUT2D eigenvalue weighted by molar-refractivity contribution is 9.10. The number of rotatable bonds is 4. The Morgan fingerprint density at radius 2 is 2.00 bits per heavy atom. The third-order valence-electron chi connectivity index (χ3n) is 3.81. The largest absolute Gasteiger partial charge is 0.270 e. The van der Waals surface area contributed by atoms with E-state index in [4.69, 9.17) is 0 Å². The molecule has 0 spiro atoms. The normalized spacial score (nSPS) is 23.8. The molecule has 0 bridgehead atoms. The first kappa shape index (κ1) is 15.4. The fraction of sp³-hybridized carbons (Fsp3) is 0.571. The first-order chi connectivity index (χ1) is 9.47. The molecule has 2 rings (SSSR count). The molecule has 1 aromatic carbocycles. The van der Waals surface area contributed by atoms with Gasteiger partial charge in [-0.15, -0.1) is 0 Å². The van der Waals surface area contributed by atoms with Crippen molar-refractivity contribution in [2.75, 3.05) is 0 Å². The lowest BCUT2D eigenvalue weighted by atomic mass is 10.00. The van der Waals surface area contributed by atoms with Crippen molar-refractivity contribution in [2.45, 2.75) is 51.7 Å². The fourth-order valence-corrected chi connectivity index (χ4v) is 3.28. The standard InChI is InChI=1S/C14H20BrN3O2/c1-10-4-3-5-11(2)17(10)16-9-12-6-13(15)8-14(7-12)18(19)20/h6-8,10-11,16H,3-5,9H2,1-2H3. The molecule has 0 aliphatic carbocycles. The predicted molar refractivity (Wildman–Crippen MR) is 82.3 cm³/mol. The van der Waals surface area contributed by atoms with Gasteiger partial charge in [0, 0.05) is 35.2 Å². The van der Waals surface area contributed by atoms with Gasteiger partial charge in [0.2, 0.25) is 0 Å². The van der Waals surface area contributed by atoms with E-state index in [1.54, 1.807) is 6.07 Å². The maximum atomic E-state index is 10.9. The summed E-state index contributed by atoms with van der Waals surface area (Å²) >= 11 is 3.33. The van der Waals surface area contributed by atoms with Crippen LogP contribution in [0.5, 0.6) is 0 Å². The lowest BCUT2D eigenvalue weighted by molar-refractivity contribution is -0.385. The van der Waals surface area contributed by atoms with Crippen LogP contribution >= 0.6 is 15.9 Å². The highest BCUT2D eigenvalue weighted by Gasteiger charge is 2.24. The monoisotopic (exact) mass is 341 g/mol. The van der Waals surface area contributed by atoms with Crippen molar-refractivity contribution in [1.82, 2.24) is 10.4 Å². The highest BCUT2D eigenvalue weighted by Crippen LogP contribution is 2.23. The van der Waals surface area contributed by atoms with E-state index in [1.165, 1.54) is 25.3 Å². The molecule has 0 saturated carbocycles. The lowest BCUT2D eigenvalue weighted by Gasteiger charge is -2.39. The number of piperidine rings is 1. The molecule has 0 aromatic heterocycles. The van der Waals surface area contributed by atoms with Gasteiger partial charge < -0.3 is 0 Å². The van der Waals surface area contributed by atoms with Gasteiger partial charge in [-0.05, 0) is 38.3 Å². The summed E-state index contributed by atoms with van der Waals surface area (Å²) in [5.41, 5.74) is 4.45. The maximum Gasteiger partial charge on any atom is 0.270 e. The summed E-state index contributed by atoms with van der Waals surface area (Å²) in [6, 6.07) is 6.06. The van der Waals surface area contributed by atoms with Crippen LogP contribution in [0, 0.1) is 10.1 Å². The molecule has 1 fully saturated rings. The van der Waals surface area contributed by atoms with E-state index in [9.17, 15) is 10.1 Å². The summed E-state index contributed by atoms with van der Waals surface area (Å²) in [5, 5.41) is 13.1. The molecule has 0 radical (unpaired) electrons. The lowest BCUT2D eigenvalue weighted by Crippen LogP contribution is -2.51. The Morgan fingerprint density at radius 3 is 2.60 bits per heavy atom. The van der Waals surface area contributed by atoms with Crippen molar-refractivity contribution in [1.29, 1.82) is 0 Å². The van der Waals surface area contributed by atoms with Crippen LogP contribution in [-0.2, 0) is 6.54 Å². The van der Waals surface area contributed by atoms with Crippen molar-refractivity contribution >= 4 is 21.6 Å². The van der Waals surface area contributed by atoms with Gasteiger partial charge in [0.1, 0.15) is 0 Å². The molecule has 1 heterocycles. The van der Waals surface area contributed by atoms with E-state index in [0.717, 1.165) is 10.0 Å². The van der Waals surface area contributed by atoms with Crippen LogP contribution in [0.15, 0.2) is 22.7 Å². The Kier molecular flexibility index (Phi) is 5.12. The quantitative estimate of drug-likeness (QED) is 0.671. The van der Waals surface area contributed by atoms with Gasteiger partial charge in [-0.2, -0.15) is 0 Å². The second-order valence-corrected chi connectivity index (χ2v) is 6.36. The van der Waals surface area contributed by atoms with Crippen molar-refractivity contribution in [2.24, 2.45) is 0 Å². The molecule has 5 nitrogen and oxygen atoms in total. The topological polar surface area (TPSA) is 58.4 Å². The molecule has 20 heavy (non-hydrogen) atoms. The zero-order valence-electron chi connectivity index (χ0n) is 11.8. The Morgan fingerprint density at radius 1 is 1.35 bits per heavy atom. The molecule has 110 valence electrons. The zero-order chi connectivity index (χ0) is 14.7. The molecule has 6 heteroatoms. The number of non-ortho nitro benzene ring substituents is 1. The maximum absolute atomic E-state index is 10.9. The van der Waals surface area contributed by atoms with E-state index < -0.39 is 0 Å². The van der Waals surface area contributed by atoms with E-state index in [1.807, 2.05) is 6.07 Å². The number of halogens is 1. The molecule has 1 N–H and O–H groups in total. The number of hydrogen-bond acceptors (Lipinski definition) is 4. The third-order valence-corrected chi connectivity index (χ3v) is 4.27. The fourth-order valence-electron chi connectivity index (χ4n) is 2.76. The number of nitrogens with one attached hydrogen (secondary N) is 1. The number of hydrazine groups is 1. The van der Waals surface area contributed by atoms with Gasteiger partial charge >= 0.3 is 0 Å². The predicted octanol–water partition coefficient (Wildman–Crippen LogP) is 3.62. The van der Waals surface area contributed by atoms with Crippen LogP contribution in [0.3, 0.4) is 0 Å². The van der Waals surface area contributed by atoms with Crippen LogP contribution in [-0.4, -0.2) is 22.0 Å². The average Bonchev–Trinajstić information content (AvgIpc) is 2.37. The average molecular weight is 342 g/mol. The van der Waals surface area contributed by atoms with Gasteiger partial charge in [-0.25, -0.2) is 5.01 Å². The molecule has 1 saturated heterocycles. The van der Waals surface area contributed by atoms with E-state index >= 15 is 0 Å². The second kappa shape index (κ2) is 6.65. The summed E-state index contributed by atoms with van der Waals surface area (Å²) in [7, 11) is 0. The van der Waals surface area contributed by atoms with E-state index in [0.29, 0.717) is 18.6 Å². The Labute approximate surface area is 127 Å². The molecule has 2 atom stereocenters. The summed E-state index contributed by atoms with van der Waals surface area (Å²) in [4.78, 5) is 10.5. The van der Waals surface area contributed by atoms with Gasteiger partial charge in [-0.1, -0.05) is 22.4 Å². The Hall–Kier alpha value is -0.980. The van der Waals surface area contributed by atoms with Crippen molar-refractivity contribution in [3.05, 3.63) is 38.3 Å². The number of nitro groups is 1. The number of hydrogen-bond donors (Lipinski definition) is 1. The highest BCUT2D eigenvalue weighted by atomic mass is 79.9. The Bertz CT molecular complexity index is 485. The summed E-state index contributed by atoms with van der Waals surface area (Å²) in [6.07, 6.45) is 3.65. The van der Waals surface area contributed by atoms with E-state index in [-0.39, 0.29) is 10.6 Å². The third kappa shape index (κ3) is 3.77. The van der Waals surface area contributed by atoms with Crippen LogP contribution in [0.4, 0.5) is 5.69 Å². The van der Waals surface area contributed by atoms with Gasteiger partial charge in [0.25, 0.3) is 5.69 Å². The molecular formula is C14H20BrN3O2. The van der Waals surface area contributed by atoms with Gasteiger partial charge in [0.05, 0.1) is 4.92 Å². The molecule has 2 unspecified atom stereocenters. The molecule has 1 aliphatic rings. The molecule has 0 amide bonds. The van der Waals surface area contributed by atoms with Crippen molar-refractivity contribution in [3.63, 3.8) is 0 Å². The van der Waals surface area contributed by atoms with Crippen LogP contribution in [0.2, 0.25) is 0 Å². The van der Waals surface area contributed by atoms with Crippen LogP contribution in [0.25, 0.3) is 0 Å². The minimum atomic E-state index is -0.361. The summed E-state index contributed by atoms with van der Waals surface area (Å²) in [6.45, 7) is 5.03. The minimum Gasteiger partial charge on any atom is -0.258 e. The molecule has 1 aromatic rings. The van der Waals surface area contributed by atoms with Crippen molar-refractivity contribution in [3.8, 4) is 0 Å². The number of nitro benzene ring substituents is 1. The minimum absolute atomic E-state index is 0.121. The number of nitrogens with zero attached hydrogens (tertiary/aromatic N) is 2. The first-order valence-electron chi connectivity index (χ1n) is 6.93.